The van der Waals surface area contributed by atoms with E-state index in [-0.39, 0.29) is 0 Å². The average molecular weight is 307 g/mol. The second-order valence-electron chi connectivity index (χ2n) is 3.50. The second-order valence-corrected chi connectivity index (χ2v) is 3.50. The van der Waals surface area contributed by atoms with Gasteiger partial charge in [0.25, 0.3) is 0 Å². The summed E-state index contributed by atoms with van der Waals surface area (Å²) in [5.74, 6) is -8.54. The van der Waals surface area contributed by atoms with E-state index in [1.807, 2.05) is 0 Å². The van der Waals surface area contributed by atoms with Gasteiger partial charge in [-0.3, -0.25) is 0 Å². The molecule has 1 nitrogen and oxygen atoms in total. The smallest absolute Gasteiger partial charge is 0.206 e. The van der Waals surface area contributed by atoms with Gasteiger partial charge in [0, 0.05) is 5.56 Å². The first kappa shape index (κ1) is 16.1. The van der Waals surface area contributed by atoms with E-state index in [2.05, 4.69) is 0 Å². The molecule has 1 aromatic rings. The van der Waals surface area contributed by atoms with Crippen molar-refractivity contribution in [1.82, 2.24) is 0 Å². The van der Waals surface area contributed by atoms with Crippen molar-refractivity contribution in [2.75, 3.05) is 0 Å². The predicted molar refractivity (Wildman–Crippen MR) is 45.6 cm³/mol. The van der Waals surface area contributed by atoms with Gasteiger partial charge >= 0.3 is 12.4 Å². The van der Waals surface area contributed by atoms with Crippen LogP contribution in [0.1, 0.15) is 16.7 Å². The topological polar surface area (TPSA) is 23.8 Å². The van der Waals surface area contributed by atoms with Gasteiger partial charge in [0.15, 0.2) is 11.6 Å². The number of rotatable bonds is 1. The molecule has 0 aromatic heterocycles. The number of halogens is 9. The Labute approximate surface area is 105 Å². The van der Waals surface area contributed by atoms with Crippen molar-refractivity contribution in [2.45, 2.75) is 18.8 Å². The molecular weight excluding hydrogens is 305 g/mol. The van der Waals surface area contributed by atoms with Gasteiger partial charge in [-0.15, -0.1) is 0 Å². The molecular formula is C10H2F9N. The number of nitrogens with zero attached hydrogens (tertiary/aromatic N) is 1. The summed E-state index contributed by atoms with van der Waals surface area (Å²) in [5.41, 5.74) is -7.23. The van der Waals surface area contributed by atoms with Crippen LogP contribution in [0.3, 0.4) is 0 Å². The van der Waals surface area contributed by atoms with Gasteiger partial charge in [0.2, 0.25) is 0 Å². The zero-order chi connectivity index (χ0) is 15.9. The third-order valence-corrected chi connectivity index (χ3v) is 2.24. The summed E-state index contributed by atoms with van der Waals surface area (Å²) in [7, 11) is 0. The third-order valence-electron chi connectivity index (χ3n) is 2.24. The van der Waals surface area contributed by atoms with E-state index >= 15 is 0 Å². The molecule has 0 saturated carbocycles. The summed E-state index contributed by atoms with van der Waals surface area (Å²) in [4.78, 5) is 0. The molecule has 0 aliphatic carbocycles. The van der Waals surface area contributed by atoms with Crippen molar-refractivity contribution in [3.8, 4) is 6.07 Å². The van der Waals surface area contributed by atoms with Gasteiger partial charge in [-0.1, -0.05) is 0 Å². The quantitative estimate of drug-likeness (QED) is 0.563. The molecule has 1 rings (SSSR count). The first-order valence-corrected chi connectivity index (χ1v) is 4.63. The summed E-state index contributed by atoms with van der Waals surface area (Å²) in [6.45, 7) is 0. The van der Waals surface area contributed by atoms with E-state index < -0.39 is 52.9 Å². The lowest BCUT2D eigenvalue weighted by atomic mass is 9.98. The zero-order valence-corrected chi connectivity index (χ0v) is 9.06. The Kier molecular flexibility index (Phi) is 3.94. The van der Waals surface area contributed by atoms with Crippen LogP contribution >= 0.6 is 0 Å². The Balaban J connectivity index is 3.89. The van der Waals surface area contributed by atoms with Crippen molar-refractivity contribution >= 4 is 0 Å². The number of alkyl halides is 6. The third kappa shape index (κ3) is 2.66. The molecule has 0 aliphatic heterocycles. The van der Waals surface area contributed by atoms with Gasteiger partial charge < -0.3 is 0 Å². The highest BCUT2D eigenvalue weighted by Gasteiger charge is 2.47. The summed E-state index contributed by atoms with van der Waals surface area (Å²) in [5, 5.41) is 8.21. The van der Waals surface area contributed by atoms with Crippen molar-refractivity contribution in [1.29, 1.82) is 5.26 Å². The van der Waals surface area contributed by atoms with Crippen molar-refractivity contribution in [3.05, 3.63) is 34.1 Å². The number of nitriles is 1. The normalized spacial score (nSPS) is 12.4. The van der Waals surface area contributed by atoms with E-state index in [4.69, 9.17) is 5.26 Å². The van der Waals surface area contributed by atoms with Gasteiger partial charge in [-0.2, -0.15) is 31.6 Å². The van der Waals surface area contributed by atoms with Crippen LogP contribution in [0, 0.1) is 28.8 Å². The molecule has 1 aromatic carbocycles. The lowest BCUT2D eigenvalue weighted by molar-refractivity contribution is -0.148. The van der Waals surface area contributed by atoms with Gasteiger partial charge in [-0.05, 0) is 0 Å². The van der Waals surface area contributed by atoms with Crippen LogP contribution in [0.5, 0.6) is 0 Å². The Morgan fingerprint density at radius 2 is 1.15 bits per heavy atom. The predicted octanol–water partition coefficient (Wildman–Crippen LogP) is 4.21. The molecule has 0 spiro atoms. The lowest BCUT2D eigenvalue weighted by Gasteiger charge is -2.18. The van der Waals surface area contributed by atoms with E-state index in [0.29, 0.717) is 0 Å². The van der Waals surface area contributed by atoms with Crippen LogP contribution < -0.4 is 0 Å². The van der Waals surface area contributed by atoms with E-state index in [0.717, 1.165) is 6.07 Å². The molecule has 10 heteroatoms. The fraction of sp³-hybridized carbons (Fsp3) is 0.300. The van der Waals surface area contributed by atoms with Crippen LogP contribution in [0.4, 0.5) is 39.5 Å². The van der Waals surface area contributed by atoms with Crippen molar-refractivity contribution in [3.63, 3.8) is 0 Å². The molecule has 0 fully saturated rings. The number of hydrogen-bond acceptors (Lipinski definition) is 1. The molecule has 0 atom stereocenters. The Morgan fingerprint density at radius 3 is 1.50 bits per heavy atom. The molecule has 0 unspecified atom stereocenters. The summed E-state index contributed by atoms with van der Waals surface area (Å²) < 4.78 is 114. The minimum absolute atomic E-state index is 0.966. The zero-order valence-electron chi connectivity index (χ0n) is 9.06. The molecule has 20 heavy (non-hydrogen) atoms. The van der Waals surface area contributed by atoms with Crippen LogP contribution in [0.2, 0.25) is 0 Å². The minimum Gasteiger partial charge on any atom is -0.206 e. The fourth-order valence-electron chi connectivity index (χ4n) is 1.50. The fourth-order valence-corrected chi connectivity index (χ4v) is 1.50. The summed E-state index contributed by atoms with van der Waals surface area (Å²) in [6, 6.07) is 0.966. The summed E-state index contributed by atoms with van der Waals surface area (Å²) in [6.07, 6.45) is -12.9. The molecule has 0 aliphatic rings. The van der Waals surface area contributed by atoms with Crippen molar-refractivity contribution in [2.24, 2.45) is 0 Å². The Hall–Kier alpha value is -1.92. The van der Waals surface area contributed by atoms with E-state index in [9.17, 15) is 39.5 Å². The average Bonchev–Trinajstić information content (AvgIpc) is 2.22. The molecule has 0 saturated heterocycles. The Morgan fingerprint density at radius 1 is 0.750 bits per heavy atom. The largest absolute Gasteiger partial charge is 0.422 e. The maximum Gasteiger partial charge on any atom is 0.422 e. The van der Waals surface area contributed by atoms with Crippen molar-refractivity contribution < 1.29 is 39.5 Å². The molecule has 0 amide bonds. The molecule has 0 radical (unpaired) electrons. The van der Waals surface area contributed by atoms with Crippen LogP contribution in [-0.4, -0.2) is 0 Å². The molecule has 0 bridgehead atoms. The Bertz CT molecular complexity index is 577. The van der Waals surface area contributed by atoms with E-state index in [1.54, 1.807) is 0 Å². The summed E-state index contributed by atoms with van der Waals surface area (Å²) >= 11 is 0. The molecule has 0 N–H and O–H groups in total. The standard InChI is InChI=1S/C10H2F9N/c11-6-3(1-2-20)4(9(14,15)16)7(12)8(13)5(6)10(17,18)19/h1H2. The molecule has 110 valence electrons. The number of benzene rings is 1. The first-order chi connectivity index (χ1) is 8.92. The number of hydrogen-bond donors (Lipinski definition) is 0. The SMILES string of the molecule is N#CCc1c(F)c(C(F)(F)F)c(F)c(F)c1C(F)(F)F. The van der Waals surface area contributed by atoms with Crippen LogP contribution in [0.25, 0.3) is 0 Å². The first-order valence-electron chi connectivity index (χ1n) is 4.63. The monoisotopic (exact) mass is 307 g/mol. The minimum atomic E-state index is -5.75. The highest BCUT2D eigenvalue weighted by atomic mass is 19.4. The van der Waals surface area contributed by atoms with Gasteiger partial charge in [0.1, 0.15) is 16.9 Å². The molecule has 0 heterocycles. The highest BCUT2D eigenvalue weighted by molar-refractivity contribution is 5.41. The highest BCUT2D eigenvalue weighted by Crippen LogP contribution is 2.42. The maximum absolute atomic E-state index is 13.4. The maximum atomic E-state index is 13.4. The van der Waals surface area contributed by atoms with Gasteiger partial charge in [0.05, 0.1) is 12.5 Å². The van der Waals surface area contributed by atoms with Gasteiger partial charge in [-0.25, -0.2) is 13.2 Å². The second kappa shape index (κ2) is 4.88. The lowest BCUT2D eigenvalue weighted by Crippen LogP contribution is -2.21. The van der Waals surface area contributed by atoms with Crippen LogP contribution in [0.15, 0.2) is 0 Å². The van der Waals surface area contributed by atoms with E-state index in [1.165, 1.54) is 0 Å². The van der Waals surface area contributed by atoms with Crippen LogP contribution in [-0.2, 0) is 18.8 Å².